The first-order valence-electron chi connectivity index (χ1n) is 5.63. The van der Waals surface area contributed by atoms with Gasteiger partial charge in [-0.15, -0.1) is 6.42 Å². The summed E-state index contributed by atoms with van der Waals surface area (Å²) in [5.41, 5.74) is 0.228. The van der Waals surface area contributed by atoms with Crippen molar-refractivity contribution in [1.29, 1.82) is 0 Å². The van der Waals surface area contributed by atoms with Gasteiger partial charge in [0.2, 0.25) is 0 Å². The van der Waals surface area contributed by atoms with Gasteiger partial charge in [0.25, 0.3) is 0 Å². The van der Waals surface area contributed by atoms with Crippen LogP contribution in [0.3, 0.4) is 0 Å². The molecule has 1 saturated carbocycles. The molecule has 1 nitrogen and oxygen atoms in total. The van der Waals surface area contributed by atoms with E-state index in [0.29, 0.717) is 11.5 Å². The van der Waals surface area contributed by atoms with Crippen LogP contribution >= 0.6 is 0 Å². The molecule has 80 valence electrons. The Balaban J connectivity index is 2.63. The second-order valence-electron chi connectivity index (χ2n) is 5.70. The van der Waals surface area contributed by atoms with Crippen LogP contribution in [0.5, 0.6) is 0 Å². The van der Waals surface area contributed by atoms with Crippen LogP contribution in [0.2, 0.25) is 0 Å². The molecule has 0 aromatic rings. The first-order valence-corrected chi connectivity index (χ1v) is 5.63. The lowest BCUT2D eigenvalue weighted by Crippen LogP contribution is -2.52. The molecule has 1 atom stereocenters. The van der Waals surface area contributed by atoms with Gasteiger partial charge in [-0.3, -0.25) is 5.32 Å². The average Bonchev–Trinajstić information content (AvgIpc) is 2.09. The highest BCUT2D eigenvalue weighted by Gasteiger charge is 2.34. The minimum atomic E-state index is -0.167. The molecule has 0 aromatic carbocycles. The lowest BCUT2D eigenvalue weighted by molar-refractivity contribution is 0.149. The Morgan fingerprint density at radius 2 is 2.00 bits per heavy atom. The van der Waals surface area contributed by atoms with Gasteiger partial charge in [0.1, 0.15) is 0 Å². The molecular weight excluding hydrogens is 170 g/mol. The molecular formula is C13H23N. The fraction of sp³-hybridized carbons (Fsp3) is 0.846. The van der Waals surface area contributed by atoms with E-state index in [0.717, 1.165) is 0 Å². The highest BCUT2D eigenvalue weighted by atomic mass is 15.0. The monoisotopic (exact) mass is 193 g/mol. The molecule has 1 aliphatic rings. The van der Waals surface area contributed by atoms with Gasteiger partial charge in [0, 0.05) is 6.04 Å². The van der Waals surface area contributed by atoms with Gasteiger partial charge in [-0.25, -0.2) is 0 Å². The van der Waals surface area contributed by atoms with E-state index < -0.39 is 0 Å². The van der Waals surface area contributed by atoms with Gasteiger partial charge in [0.15, 0.2) is 0 Å². The van der Waals surface area contributed by atoms with Crippen molar-refractivity contribution in [3.8, 4) is 12.3 Å². The Kier molecular flexibility index (Phi) is 3.27. The highest BCUT2D eigenvalue weighted by Crippen LogP contribution is 2.36. The fourth-order valence-corrected chi connectivity index (χ4v) is 2.24. The van der Waals surface area contributed by atoms with Gasteiger partial charge in [0.05, 0.1) is 5.54 Å². The summed E-state index contributed by atoms with van der Waals surface area (Å²) in [5, 5.41) is 3.60. The van der Waals surface area contributed by atoms with Crippen molar-refractivity contribution < 1.29 is 0 Å². The highest BCUT2D eigenvalue weighted by molar-refractivity contribution is 5.09. The minimum absolute atomic E-state index is 0.167. The number of nitrogens with one attached hydrogen (secondary N) is 1. The molecule has 0 spiro atoms. The van der Waals surface area contributed by atoms with E-state index in [9.17, 15) is 0 Å². The third kappa shape index (κ3) is 2.75. The van der Waals surface area contributed by atoms with Crippen LogP contribution < -0.4 is 5.32 Å². The van der Waals surface area contributed by atoms with Gasteiger partial charge in [-0.1, -0.05) is 32.6 Å². The summed E-state index contributed by atoms with van der Waals surface area (Å²) < 4.78 is 0. The molecule has 1 heteroatoms. The first-order chi connectivity index (χ1) is 6.37. The largest absolute Gasteiger partial charge is 0.298 e. The second kappa shape index (κ2) is 3.95. The SMILES string of the molecule is C#CC(C)(C)NC1CCCCC1(C)C. The van der Waals surface area contributed by atoms with Crippen LogP contribution in [0, 0.1) is 17.8 Å². The standard InChI is InChI=1S/C13H23N/c1-6-13(4,5)14-11-9-7-8-10-12(11,2)3/h1,11,14H,7-10H2,2-5H3. The van der Waals surface area contributed by atoms with Crippen LogP contribution in [0.4, 0.5) is 0 Å². The van der Waals surface area contributed by atoms with E-state index in [2.05, 4.69) is 38.9 Å². The van der Waals surface area contributed by atoms with E-state index in [1.807, 2.05) is 0 Å². The van der Waals surface area contributed by atoms with E-state index in [-0.39, 0.29) is 5.54 Å². The molecule has 0 aromatic heterocycles. The van der Waals surface area contributed by atoms with Crippen LogP contribution in [-0.2, 0) is 0 Å². The lowest BCUT2D eigenvalue weighted by Gasteiger charge is -2.42. The van der Waals surface area contributed by atoms with E-state index in [1.165, 1.54) is 25.7 Å². The molecule has 0 radical (unpaired) electrons. The number of terminal acetylenes is 1. The summed E-state index contributed by atoms with van der Waals surface area (Å²) in [6.45, 7) is 8.85. The molecule has 1 aliphatic carbocycles. The van der Waals surface area contributed by atoms with Crippen molar-refractivity contribution in [1.82, 2.24) is 5.32 Å². The minimum Gasteiger partial charge on any atom is -0.298 e. The Labute approximate surface area is 88.7 Å². The molecule has 1 rings (SSSR count). The van der Waals surface area contributed by atoms with Crippen molar-refractivity contribution in [2.24, 2.45) is 5.41 Å². The predicted molar refractivity (Wildman–Crippen MR) is 62.1 cm³/mol. The Morgan fingerprint density at radius 1 is 1.36 bits per heavy atom. The van der Waals surface area contributed by atoms with Gasteiger partial charge in [-0.2, -0.15) is 0 Å². The summed E-state index contributed by atoms with van der Waals surface area (Å²) in [7, 11) is 0. The summed E-state index contributed by atoms with van der Waals surface area (Å²) in [4.78, 5) is 0. The zero-order valence-corrected chi connectivity index (χ0v) is 9.98. The number of hydrogen-bond donors (Lipinski definition) is 1. The summed E-state index contributed by atoms with van der Waals surface area (Å²) in [6, 6.07) is 0.572. The first kappa shape index (κ1) is 11.6. The summed E-state index contributed by atoms with van der Waals surface area (Å²) in [5.74, 6) is 2.82. The molecule has 1 fully saturated rings. The van der Waals surface area contributed by atoms with Gasteiger partial charge in [-0.05, 0) is 32.1 Å². The fourth-order valence-electron chi connectivity index (χ4n) is 2.24. The Bertz CT molecular complexity index is 232. The third-order valence-electron chi connectivity index (χ3n) is 3.40. The van der Waals surface area contributed by atoms with Crippen molar-refractivity contribution in [2.45, 2.75) is 65.0 Å². The maximum absolute atomic E-state index is 5.50. The van der Waals surface area contributed by atoms with E-state index in [4.69, 9.17) is 6.42 Å². The summed E-state index contributed by atoms with van der Waals surface area (Å²) in [6.07, 6.45) is 10.8. The zero-order chi connectivity index (χ0) is 10.8. The lowest BCUT2D eigenvalue weighted by atomic mass is 9.72. The van der Waals surface area contributed by atoms with Crippen LogP contribution in [0.25, 0.3) is 0 Å². The zero-order valence-electron chi connectivity index (χ0n) is 9.98. The predicted octanol–water partition coefficient (Wildman–Crippen LogP) is 2.96. The van der Waals surface area contributed by atoms with Gasteiger partial charge >= 0.3 is 0 Å². The smallest absolute Gasteiger partial charge is 0.0743 e. The molecule has 0 saturated heterocycles. The number of hydrogen-bond acceptors (Lipinski definition) is 1. The average molecular weight is 193 g/mol. The van der Waals surface area contributed by atoms with Crippen molar-refractivity contribution in [3.05, 3.63) is 0 Å². The molecule has 0 bridgehead atoms. The third-order valence-corrected chi connectivity index (χ3v) is 3.40. The van der Waals surface area contributed by atoms with Crippen molar-refractivity contribution in [3.63, 3.8) is 0 Å². The maximum atomic E-state index is 5.50. The second-order valence-corrected chi connectivity index (χ2v) is 5.70. The van der Waals surface area contributed by atoms with Gasteiger partial charge < -0.3 is 0 Å². The van der Waals surface area contributed by atoms with Crippen LogP contribution in [-0.4, -0.2) is 11.6 Å². The topological polar surface area (TPSA) is 12.0 Å². The van der Waals surface area contributed by atoms with Crippen LogP contribution in [0.15, 0.2) is 0 Å². The Morgan fingerprint density at radius 3 is 2.50 bits per heavy atom. The maximum Gasteiger partial charge on any atom is 0.0743 e. The quantitative estimate of drug-likeness (QED) is 0.665. The molecule has 0 heterocycles. The van der Waals surface area contributed by atoms with E-state index >= 15 is 0 Å². The molecule has 1 unspecified atom stereocenters. The molecule has 0 aliphatic heterocycles. The summed E-state index contributed by atoms with van der Waals surface area (Å²) >= 11 is 0. The van der Waals surface area contributed by atoms with Crippen LogP contribution in [0.1, 0.15) is 53.4 Å². The van der Waals surface area contributed by atoms with Crippen molar-refractivity contribution in [2.75, 3.05) is 0 Å². The molecule has 14 heavy (non-hydrogen) atoms. The number of rotatable bonds is 2. The van der Waals surface area contributed by atoms with E-state index in [1.54, 1.807) is 0 Å². The normalized spacial score (nSPS) is 26.9. The molecule has 0 amide bonds. The Hall–Kier alpha value is -0.480. The van der Waals surface area contributed by atoms with Crippen molar-refractivity contribution >= 4 is 0 Å². The molecule has 1 N–H and O–H groups in total.